The number of nitrogens with two attached hydrogens (primary N) is 1. The fraction of sp³-hybridized carbons (Fsp3) is 0.455. The van der Waals surface area contributed by atoms with Crippen molar-refractivity contribution < 1.29 is 5.11 Å². The van der Waals surface area contributed by atoms with Crippen LogP contribution in [0.2, 0.25) is 0 Å². The van der Waals surface area contributed by atoms with Gasteiger partial charge in [0.25, 0.3) is 0 Å². The number of rotatable bonds is 1. The van der Waals surface area contributed by atoms with Crippen molar-refractivity contribution in [2.75, 3.05) is 6.54 Å². The molecule has 0 unspecified atom stereocenters. The lowest BCUT2D eigenvalue weighted by molar-refractivity contribution is 0.0353. The smallest absolute Gasteiger partial charge is 0.0812 e. The molecule has 0 heterocycles. The molecule has 1 aliphatic rings. The van der Waals surface area contributed by atoms with E-state index in [4.69, 9.17) is 5.73 Å². The molecule has 0 bridgehead atoms. The van der Waals surface area contributed by atoms with Crippen LogP contribution in [-0.2, 0) is 12.8 Å². The minimum Gasteiger partial charge on any atom is -0.388 e. The zero-order chi connectivity index (χ0) is 9.31. The predicted molar refractivity (Wildman–Crippen MR) is 52.5 cm³/mol. The van der Waals surface area contributed by atoms with Gasteiger partial charge in [-0.3, -0.25) is 0 Å². The summed E-state index contributed by atoms with van der Waals surface area (Å²) in [5.74, 6) is 0. The normalized spacial score (nSPS) is 26.9. The molecule has 0 spiro atoms. The van der Waals surface area contributed by atoms with Crippen LogP contribution in [0.4, 0.5) is 0 Å². The molecule has 3 N–H and O–H groups in total. The van der Waals surface area contributed by atoms with Crippen LogP contribution < -0.4 is 5.73 Å². The van der Waals surface area contributed by atoms with Gasteiger partial charge in [-0.1, -0.05) is 24.3 Å². The Morgan fingerprint density at radius 2 is 2.00 bits per heavy atom. The molecule has 0 fully saturated rings. The summed E-state index contributed by atoms with van der Waals surface area (Å²) in [5, 5.41) is 10.0. The molecule has 70 valence electrons. The first kappa shape index (κ1) is 8.73. The molecule has 1 aromatic rings. The van der Waals surface area contributed by atoms with E-state index < -0.39 is 5.60 Å². The maximum Gasteiger partial charge on any atom is 0.0812 e. The Balaban J connectivity index is 2.29. The van der Waals surface area contributed by atoms with Gasteiger partial charge in [0.05, 0.1) is 5.60 Å². The minimum atomic E-state index is -0.658. The highest BCUT2D eigenvalue weighted by Crippen LogP contribution is 2.27. The topological polar surface area (TPSA) is 46.2 Å². The molecule has 0 aromatic heterocycles. The van der Waals surface area contributed by atoms with Crippen molar-refractivity contribution in [3.63, 3.8) is 0 Å². The number of benzene rings is 1. The first-order valence-electron chi connectivity index (χ1n) is 4.73. The van der Waals surface area contributed by atoms with Crippen LogP contribution in [-0.4, -0.2) is 17.3 Å². The first-order valence-corrected chi connectivity index (χ1v) is 4.73. The third kappa shape index (κ3) is 1.60. The van der Waals surface area contributed by atoms with Gasteiger partial charge in [0.1, 0.15) is 0 Å². The second-order valence-electron chi connectivity index (χ2n) is 3.87. The average molecular weight is 177 g/mol. The number of hydrogen-bond acceptors (Lipinski definition) is 2. The van der Waals surface area contributed by atoms with Crippen molar-refractivity contribution in [2.45, 2.75) is 24.9 Å². The van der Waals surface area contributed by atoms with Gasteiger partial charge in [0.2, 0.25) is 0 Å². The zero-order valence-corrected chi connectivity index (χ0v) is 7.66. The molecule has 2 rings (SSSR count). The van der Waals surface area contributed by atoms with Gasteiger partial charge in [-0.15, -0.1) is 0 Å². The second kappa shape index (κ2) is 3.13. The standard InChI is InChI=1S/C11H15NO/c12-8-11(13)6-5-9-3-1-2-4-10(9)7-11/h1-4,13H,5-8,12H2/t11-/m1/s1. The van der Waals surface area contributed by atoms with E-state index in [1.165, 1.54) is 11.1 Å². The van der Waals surface area contributed by atoms with E-state index in [2.05, 4.69) is 12.1 Å². The Morgan fingerprint density at radius 1 is 1.31 bits per heavy atom. The number of aryl methyl sites for hydroxylation is 1. The zero-order valence-electron chi connectivity index (χ0n) is 7.66. The third-order valence-corrected chi connectivity index (χ3v) is 2.88. The van der Waals surface area contributed by atoms with Gasteiger partial charge in [-0.25, -0.2) is 0 Å². The van der Waals surface area contributed by atoms with Crippen molar-refractivity contribution in [3.8, 4) is 0 Å². The van der Waals surface area contributed by atoms with Crippen LogP contribution in [0.1, 0.15) is 17.5 Å². The Hall–Kier alpha value is -0.860. The Bertz CT molecular complexity index is 311. The van der Waals surface area contributed by atoms with Crippen molar-refractivity contribution in [1.82, 2.24) is 0 Å². The highest BCUT2D eigenvalue weighted by Gasteiger charge is 2.30. The van der Waals surface area contributed by atoms with Crippen molar-refractivity contribution in [3.05, 3.63) is 35.4 Å². The molecule has 13 heavy (non-hydrogen) atoms. The summed E-state index contributed by atoms with van der Waals surface area (Å²) < 4.78 is 0. The number of aliphatic hydroxyl groups is 1. The lowest BCUT2D eigenvalue weighted by atomic mass is 9.80. The van der Waals surface area contributed by atoms with Crippen molar-refractivity contribution in [1.29, 1.82) is 0 Å². The summed E-state index contributed by atoms with van der Waals surface area (Å²) >= 11 is 0. The van der Waals surface area contributed by atoms with Gasteiger partial charge in [-0.05, 0) is 24.0 Å². The lowest BCUT2D eigenvalue weighted by Gasteiger charge is -2.32. The van der Waals surface area contributed by atoms with Crippen LogP contribution in [0.15, 0.2) is 24.3 Å². The Labute approximate surface area is 78.4 Å². The highest BCUT2D eigenvalue weighted by molar-refractivity contribution is 5.31. The van der Waals surface area contributed by atoms with E-state index in [1.807, 2.05) is 12.1 Å². The molecule has 1 aliphatic carbocycles. The molecule has 2 nitrogen and oxygen atoms in total. The predicted octanol–water partition coefficient (Wildman–Crippen LogP) is 0.865. The molecule has 1 atom stereocenters. The fourth-order valence-corrected chi connectivity index (χ4v) is 1.96. The minimum absolute atomic E-state index is 0.362. The summed E-state index contributed by atoms with van der Waals surface area (Å²) in [6.07, 6.45) is 2.45. The highest BCUT2D eigenvalue weighted by atomic mass is 16.3. The second-order valence-corrected chi connectivity index (χ2v) is 3.87. The van der Waals surface area contributed by atoms with Crippen molar-refractivity contribution >= 4 is 0 Å². The first-order chi connectivity index (χ1) is 6.23. The summed E-state index contributed by atoms with van der Waals surface area (Å²) in [6.45, 7) is 0.362. The summed E-state index contributed by atoms with van der Waals surface area (Å²) in [4.78, 5) is 0. The van der Waals surface area contributed by atoms with Crippen LogP contribution in [0, 0.1) is 0 Å². The molecular weight excluding hydrogens is 162 g/mol. The SMILES string of the molecule is NC[C@@]1(O)CCc2ccccc2C1. The maximum atomic E-state index is 10.0. The van der Waals surface area contributed by atoms with Crippen LogP contribution in [0.25, 0.3) is 0 Å². The molecule has 2 heteroatoms. The monoisotopic (exact) mass is 177 g/mol. The molecule has 0 aliphatic heterocycles. The van der Waals surface area contributed by atoms with E-state index in [0.717, 1.165) is 12.8 Å². The third-order valence-electron chi connectivity index (χ3n) is 2.88. The Kier molecular flexibility index (Phi) is 2.10. The quantitative estimate of drug-likeness (QED) is 0.668. The fourth-order valence-electron chi connectivity index (χ4n) is 1.96. The van der Waals surface area contributed by atoms with E-state index in [9.17, 15) is 5.11 Å². The van der Waals surface area contributed by atoms with Gasteiger partial charge >= 0.3 is 0 Å². The molecule has 0 radical (unpaired) electrons. The van der Waals surface area contributed by atoms with Crippen LogP contribution in [0.3, 0.4) is 0 Å². The van der Waals surface area contributed by atoms with Gasteiger partial charge < -0.3 is 10.8 Å². The van der Waals surface area contributed by atoms with E-state index in [-0.39, 0.29) is 0 Å². The molecular formula is C11H15NO. The molecule has 1 aromatic carbocycles. The van der Waals surface area contributed by atoms with Crippen LogP contribution >= 0.6 is 0 Å². The van der Waals surface area contributed by atoms with Crippen molar-refractivity contribution in [2.24, 2.45) is 5.73 Å². The van der Waals surface area contributed by atoms with E-state index in [1.54, 1.807) is 0 Å². The van der Waals surface area contributed by atoms with Gasteiger partial charge in [0, 0.05) is 13.0 Å². The molecule has 0 saturated heterocycles. The maximum absolute atomic E-state index is 10.0. The molecule has 0 amide bonds. The number of hydrogen-bond donors (Lipinski definition) is 2. The number of fused-ring (bicyclic) bond motifs is 1. The van der Waals surface area contributed by atoms with Gasteiger partial charge in [0.15, 0.2) is 0 Å². The summed E-state index contributed by atoms with van der Waals surface area (Å²) in [7, 11) is 0. The lowest BCUT2D eigenvalue weighted by Crippen LogP contribution is -2.42. The summed E-state index contributed by atoms with van der Waals surface area (Å²) in [6, 6.07) is 8.27. The largest absolute Gasteiger partial charge is 0.388 e. The van der Waals surface area contributed by atoms with E-state index in [0.29, 0.717) is 13.0 Å². The average Bonchev–Trinajstić information content (AvgIpc) is 2.18. The van der Waals surface area contributed by atoms with E-state index >= 15 is 0 Å². The van der Waals surface area contributed by atoms with Crippen LogP contribution in [0.5, 0.6) is 0 Å². The Morgan fingerprint density at radius 3 is 2.69 bits per heavy atom. The molecule has 0 saturated carbocycles. The van der Waals surface area contributed by atoms with Gasteiger partial charge in [-0.2, -0.15) is 0 Å². The summed E-state index contributed by atoms with van der Waals surface area (Å²) in [5.41, 5.74) is 7.50.